The molecule has 0 aromatic heterocycles. The molecule has 1 aromatic rings. The molecule has 1 saturated carbocycles. The van der Waals surface area contributed by atoms with Gasteiger partial charge in [-0.2, -0.15) is 0 Å². The minimum atomic E-state index is 0.732. The second-order valence-electron chi connectivity index (χ2n) is 7.16. The molecule has 2 heteroatoms. The molecule has 0 amide bonds. The molecule has 3 rings (SSSR count). The second kappa shape index (κ2) is 7.42. The highest BCUT2D eigenvalue weighted by molar-refractivity contribution is 5.14. The van der Waals surface area contributed by atoms with Crippen LogP contribution < -0.4 is 5.32 Å². The first-order chi connectivity index (χ1) is 10.3. The summed E-state index contributed by atoms with van der Waals surface area (Å²) in [5, 5.41) is 3.93. The number of rotatable bonds is 5. The molecule has 2 nitrogen and oxygen atoms in total. The number of nitrogens with zero attached hydrogens (tertiary/aromatic N) is 1. The van der Waals surface area contributed by atoms with Crippen molar-refractivity contribution in [1.82, 2.24) is 10.2 Å². The highest BCUT2D eigenvalue weighted by Crippen LogP contribution is 2.24. The number of benzene rings is 1. The number of hydrogen-bond donors (Lipinski definition) is 1. The molecule has 1 N–H and O–H groups in total. The Morgan fingerprint density at radius 3 is 2.76 bits per heavy atom. The SMILES string of the molecule is CC1CCCC(NC2CCN(CCc3ccccc3)C2)C1. The lowest BCUT2D eigenvalue weighted by Gasteiger charge is -2.30. The normalized spacial score (nSPS) is 30.6. The van der Waals surface area contributed by atoms with Crippen molar-refractivity contribution in [2.24, 2.45) is 5.92 Å². The maximum Gasteiger partial charge on any atom is 0.0209 e. The molecule has 0 bridgehead atoms. The van der Waals surface area contributed by atoms with Crippen molar-refractivity contribution in [3.8, 4) is 0 Å². The van der Waals surface area contributed by atoms with Gasteiger partial charge in [0, 0.05) is 25.2 Å². The topological polar surface area (TPSA) is 15.3 Å². The summed E-state index contributed by atoms with van der Waals surface area (Å²) in [6, 6.07) is 12.4. The van der Waals surface area contributed by atoms with Gasteiger partial charge in [-0.05, 0) is 43.7 Å². The van der Waals surface area contributed by atoms with E-state index in [4.69, 9.17) is 0 Å². The van der Waals surface area contributed by atoms with E-state index in [9.17, 15) is 0 Å². The molecule has 116 valence electrons. The summed E-state index contributed by atoms with van der Waals surface area (Å²) in [7, 11) is 0. The van der Waals surface area contributed by atoms with Crippen molar-refractivity contribution in [1.29, 1.82) is 0 Å². The zero-order chi connectivity index (χ0) is 14.5. The van der Waals surface area contributed by atoms with Crippen LogP contribution in [0.2, 0.25) is 0 Å². The first-order valence-electron chi connectivity index (χ1n) is 8.82. The monoisotopic (exact) mass is 286 g/mol. The van der Waals surface area contributed by atoms with Gasteiger partial charge in [-0.25, -0.2) is 0 Å². The van der Waals surface area contributed by atoms with Crippen molar-refractivity contribution in [2.75, 3.05) is 19.6 Å². The predicted molar refractivity (Wildman–Crippen MR) is 89.5 cm³/mol. The van der Waals surface area contributed by atoms with Gasteiger partial charge in [-0.1, -0.05) is 50.1 Å². The summed E-state index contributed by atoms with van der Waals surface area (Å²) in [6.45, 7) is 6.14. The minimum absolute atomic E-state index is 0.732. The van der Waals surface area contributed by atoms with Gasteiger partial charge >= 0.3 is 0 Å². The standard InChI is InChI=1S/C19H30N2/c1-16-6-5-9-18(14-16)20-19-11-13-21(15-19)12-10-17-7-3-2-4-8-17/h2-4,7-8,16,18-20H,5-6,9-15H2,1H3. The fourth-order valence-electron chi connectivity index (χ4n) is 4.02. The Bertz CT molecular complexity index is 417. The van der Waals surface area contributed by atoms with Crippen LogP contribution in [0.4, 0.5) is 0 Å². The van der Waals surface area contributed by atoms with Crippen molar-refractivity contribution >= 4 is 0 Å². The summed E-state index contributed by atoms with van der Waals surface area (Å²) >= 11 is 0. The van der Waals surface area contributed by atoms with Gasteiger partial charge < -0.3 is 10.2 Å². The van der Waals surface area contributed by atoms with Crippen LogP contribution in [0.15, 0.2) is 30.3 Å². The molecule has 3 unspecified atom stereocenters. The van der Waals surface area contributed by atoms with Gasteiger partial charge in [-0.15, -0.1) is 0 Å². The van der Waals surface area contributed by atoms with Crippen molar-refractivity contribution in [2.45, 2.75) is 57.5 Å². The molecular weight excluding hydrogens is 256 g/mol. The van der Waals surface area contributed by atoms with E-state index in [1.807, 2.05) is 0 Å². The molecule has 1 heterocycles. The van der Waals surface area contributed by atoms with Crippen molar-refractivity contribution < 1.29 is 0 Å². The van der Waals surface area contributed by atoms with E-state index in [0.29, 0.717) is 0 Å². The van der Waals surface area contributed by atoms with E-state index < -0.39 is 0 Å². The van der Waals surface area contributed by atoms with Gasteiger partial charge in [0.15, 0.2) is 0 Å². The van der Waals surface area contributed by atoms with E-state index in [2.05, 4.69) is 47.5 Å². The van der Waals surface area contributed by atoms with Crippen LogP contribution in [0, 0.1) is 5.92 Å². The molecular formula is C19H30N2. The van der Waals surface area contributed by atoms with Gasteiger partial charge in [0.25, 0.3) is 0 Å². The Kier molecular flexibility index (Phi) is 5.32. The number of likely N-dealkylation sites (tertiary alicyclic amines) is 1. The molecule has 3 atom stereocenters. The second-order valence-corrected chi connectivity index (χ2v) is 7.16. The summed E-state index contributed by atoms with van der Waals surface area (Å²) in [6.07, 6.45) is 8.16. The van der Waals surface area contributed by atoms with E-state index in [0.717, 1.165) is 18.0 Å². The summed E-state index contributed by atoms with van der Waals surface area (Å²) < 4.78 is 0. The maximum absolute atomic E-state index is 3.93. The highest BCUT2D eigenvalue weighted by atomic mass is 15.2. The molecule has 1 aliphatic heterocycles. The Balaban J connectivity index is 1.39. The molecule has 21 heavy (non-hydrogen) atoms. The van der Waals surface area contributed by atoms with Crippen molar-refractivity contribution in [3.63, 3.8) is 0 Å². The quantitative estimate of drug-likeness (QED) is 0.891. The van der Waals surface area contributed by atoms with Crippen LogP contribution in [-0.4, -0.2) is 36.6 Å². The Labute approximate surface area is 129 Å². The minimum Gasteiger partial charge on any atom is -0.310 e. The number of hydrogen-bond acceptors (Lipinski definition) is 2. The average molecular weight is 286 g/mol. The largest absolute Gasteiger partial charge is 0.310 e. The van der Waals surface area contributed by atoms with Crippen LogP contribution in [0.25, 0.3) is 0 Å². The lowest BCUT2D eigenvalue weighted by molar-refractivity contribution is 0.272. The summed E-state index contributed by atoms with van der Waals surface area (Å²) in [4.78, 5) is 2.64. The fourth-order valence-corrected chi connectivity index (χ4v) is 4.02. The van der Waals surface area contributed by atoms with Crippen LogP contribution >= 0.6 is 0 Å². The fraction of sp³-hybridized carbons (Fsp3) is 0.684. The molecule has 1 saturated heterocycles. The third-order valence-corrected chi connectivity index (χ3v) is 5.24. The van der Waals surface area contributed by atoms with Crippen LogP contribution in [0.5, 0.6) is 0 Å². The first-order valence-corrected chi connectivity index (χ1v) is 8.82. The molecule has 1 aromatic carbocycles. The zero-order valence-electron chi connectivity index (χ0n) is 13.4. The third-order valence-electron chi connectivity index (χ3n) is 5.24. The van der Waals surface area contributed by atoms with E-state index >= 15 is 0 Å². The average Bonchev–Trinajstić information content (AvgIpc) is 2.94. The molecule has 0 spiro atoms. The molecule has 1 aliphatic carbocycles. The van der Waals surface area contributed by atoms with E-state index in [-0.39, 0.29) is 0 Å². The molecule has 0 radical (unpaired) electrons. The lowest BCUT2D eigenvalue weighted by atomic mass is 9.87. The molecule has 2 aliphatic rings. The van der Waals surface area contributed by atoms with Crippen LogP contribution in [-0.2, 0) is 6.42 Å². The zero-order valence-corrected chi connectivity index (χ0v) is 13.4. The van der Waals surface area contributed by atoms with Crippen molar-refractivity contribution in [3.05, 3.63) is 35.9 Å². The third kappa shape index (κ3) is 4.55. The maximum atomic E-state index is 3.93. The Morgan fingerprint density at radius 2 is 1.95 bits per heavy atom. The first kappa shape index (κ1) is 15.1. The van der Waals surface area contributed by atoms with Gasteiger partial charge in [0.2, 0.25) is 0 Å². The molecule has 2 fully saturated rings. The summed E-state index contributed by atoms with van der Waals surface area (Å²) in [5.74, 6) is 0.923. The van der Waals surface area contributed by atoms with Crippen LogP contribution in [0.1, 0.15) is 44.6 Å². The van der Waals surface area contributed by atoms with Gasteiger partial charge in [-0.3, -0.25) is 0 Å². The van der Waals surface area contributed by atoms with E-state index in [1.54, 1.807) is 0 Å². The predicted octanol–water partition coefficient (Wildman–Crippen LogP) is 3.47. The number of nitrogens with one attached hydrogen (secondary N) is 1. The van der Waals surface area contributed by atoms with Gasteiger partial charge in [0.05, 0.1) is 0 Å². The lowest BCUT2D eigenvalue weighted by Crippen LogP contribution is -2.42. The Hall–Kier alpha value is -0.860. The van der Waals surface area contributed by atoms with E-state index in [1.165, 1.54) is 63.7 Å². The van der Waals surface area contributed by atoms with Gasteiger partial charge in [0.1, 0.15) is 0 Å². The Morgan fingerprint density at radius 1 is 1.10 bits per heavy atom. The smallest absolute Gasteiger partial charge is 0.0209 e. The summed E-state index contributed by atoms with van der Waals surface area (Å²) in [5.41, 5.74) is 1.47. The highest BCUT2D eigenvalue weighted by Gasteiger charge is 2.26. The van der Waals surface area contributed by atoms with Crippen LogP contribution in [0.3, 0.4) is 0 Å².